The predicted molar refractivity (Wildman–Crippen MR) is 119 cm³/mol. The molecule has 31 heavy (non-hydrogen) atoms. The molecule has 0 radical (unpaired) electrons. The standard InChI is InChI=1S/C24H29ClN4O2/c25-17-10-8-15(9-11-17)16-12-18(13-16)27-23(30)24(31)28-21-6-3-7-22-20(21)14-26-29(22)19-4-1-2-5-19/h8-11,14,16,18-19,21H,1-7,12-13H2,(H,27,30)(H,28,31). The molecule has 6 nitrogen and oxygen atoms in total. The molecule has 1 aromatic carbocycles. The fourth-order valence-corrected chi connectivity index (χ4v) is 5.54. The highest BCUT2D eigenvalue weighted by molar-refractivity contribution is 6.35. The Bertz CT molecular complexity index is 958. The number of aromatic nitrogens is 2. The molecule has 2 amide bonds. The molecular formula is C24H29ClN4O2. The van der Waals surface area contributed by atoms with Gasteiger partial charge in [0.15, 0.2) is 0 Å². The second-order valence-corrected chi connectivity index (χ2v) is 9.67. The van der Waals surface area contributed by atoms with Gasteiger partial charge in [-0.05, 0) is 68.6 Å². The van der Waals surface area contributed by atoms with E-state index in [1.807, 2.05) is 30.5 Å². The van der Waals surface area contributed by atoms with Gasteiger partial charge in [-0.2, -0.15) is 5.10 Å². The van der Waals surface area contributed by atoms with E-state index >= 15 is 0 Å². The van der Waals surface area contributed by atoms with Crippen LogP contribution in [-0.4, -0.2) is 27.6 Å². The first-order valence-electron chi connectivity index (χ1n) is 11.5. The number of carbonyl (C=O) groups is 2. The van der Waals surface area contributed by atoms with Gasteiger partial charge in [0.1, 0.15) is 0 Å². The molecular weight excluding hydrogens is 412 g/mol. The third-order valence-corrected chi connectivity index (χ3v) is 7.46. The summed E-state index contributed by atoms with van der Waals surface area (Å²) >= 11 is 5.95. The molecule has 1 atom stereocenters. The molecule has 0 spiro atoms. The minimum Gasteiger partial charge on any atom is -0.345 e. The van der Waals surface area contributed by atoms with Crippen molar-refractivity contribution in [1.29, 1.82) is 0 Å². The van der Waals surface area contributed by atoms with Crippen LogP contribution in [0.3, 0.4) is 0 Å². The maximum atomic E-state index is 12.6. The molecule has 1 heterocycles. The highest BCUT2D eigenvalue weighted by atomic mass is 35.5. The van der Waals surface area contributed by atoms with Gasteiger partial charge in [0.25, 0.3) is 0 Å². The van der Waals surface area contributed by atoms with E-state index in [2.05, 4.69) is 20.4 Å². The lowest BCUT2D eigenvalue weighted by Gasteiger charge is -2.36. The lowest BCUT2D eigenvalue weighted by molar-refractivity contribution is -0.140. The number of rotatable bonds is 4. The van der Waals surface area contributed by atoms with Crippen molar-refractivity contribution in [2.75, 3.05) is 0 Å². The van der Waals surface area contributed by atoms with Gasteiger partial charge >= 0.3 is 11.8 Å². The number of benzene rings is 1. The fourth-order valence-electron chi connectivity index (χ4n) is 5.41. The molecule has 2 N–H and O–H groups in total. The summed E-state index contributed by atoms with van der Waals surface area (Å²) in [7, 11) is 0. The van der Waals surface area contributed by atoms with E-state index in [0.717, 1.165) is 42.7 Å². The highest BCUT2D eigenvalue weighted by Gasteiger charge is 2.34. The zero-order valence-corrected chi connectivity index (χ0v) is 18.4. The number of hydrogen-bond donors (Lipinski definition) is 2. The average molecular weight is 441 g/mol. The summed E-state index contributed by atoms with van der Waals surface area (Å²) in [4.78, 5) is 25.1. The number of nitrogens with zero attached hydrogens (tertiary/aromatic N) is 2. The smallest absolute Gasteiger partial charge is 0.309 e. The number of fused-ring (bicyclic) bond motifs is 1. The minimum atomic E-state index is -0.540. The topological polar surface area (TPSA) is 76.0 Å². The molecule has 0 bridgehead atoms. The zero-order chi connectivity index (χ0) is 21.4. The predicted octanol–water partition coefficient (Wildman–Crippen LogP) is 4.21. The van der Waals surface area contributed by atoms with E-state index < -0.39 is 11.8 Å². The lowest BCUT2D eigenvalue weighted by Crippen LogP contribution is -2.49. The Morgan fingerprint density at radius 3 is 2.42 bits per heavy atom. The molecule has 2 fully saturated rings. The summed E-state index contributed by atoms with van der Waals surface area (Å²) in [5.74, 6) is -0.663. The number of hydrogen-bond acceptors (Lipinski definition) is 3. The molecule has 0 saturated heterocycles. The molecule has 164 valence electrons. The molecule has 2 aromatic rings. The van der Waals surface area contributed by atoms with E-state index in [0.29, 0.717) is 12.0 Å². The molecule has 5 rings (SSSR count). The van der Waals surface area contributed by atoms with Crippen molar-refractivity contribution < 1.29 is 9.59 Å². The van der Waals surface area contributed by atoms with E-state index in [1.54, 1.807) is 0 Å². The Balaban J connectivity index is 1.15. The van der Waals surface area contributed by atoms with Gasteiger partial charge in [0, 0.05) is 22.3 Å². The van der Waals surface area contributed by atoms with Crippen molar-refractivity contribution >= 4 is 23.4 Å². The number of amides is 2. The van der Waals surface area contributed by atoms with Gasteiger partial charge in [-0.25, -0.2) is 0 Å². The van der Waals surface area contributed by atoms with Crippen molar-refractivity contribution in [2.45, 2.75) is 81.8 Å². The Morgan fingerprint density at radius 2 is 1.68 bits per heavy atom. The van der Waals surface area contributed by atoms with Gasteiger partial charge in [0.05, 0.1) is 18.3 Å². The van der Waals surface area contributed by atoms with Gasteiger partial charge < -0.3 is 10.6 Å². The number of nitrogens with one attached hydrogen (secondary N) is 2. The van der Waals surface area contributed by atoms with Crippen molar-refractivity contribution in [1.82, 2.24) is 20.4 Å². The second kappa shape index (κ2) is 8.65. The van der Waals surface area contributed by atoms with Crippen molar-refractivity contribution in [3.63, 3.8) is 0 Å². The Labute approximate surface area is 187 Å². The fraction of sp³-hybridized carbons (Fsp3) is 0.542. The normalized spacial score (nSPS) is 25.5. The van der Waals surface area contributed by atoms with Gasteiger partial charge in [-0.1, -0.05) is 36.6 Å². The zero-order valence-electron chi connectivity index (χ0n) is 17.6. The SMILES string of the molecule is O=C(NC1CC(c2ccc(Cl)cc2)C1)C(=O)NC1CCCc2c1cnn2C1CCCC1. The molecule has 3 aliphatic rings. The maximum absolute atomic E-state index is 12.6. The molecule has 0 aliphatic heterocycles. The van der Waals surface area contributed by atoms with Crippen LogP contribution in [0.2, 0.25) is 5.02 Å². The van der Waals surface area contributed by atoms with Crippen LogP contribution in [0, 0.1) is 0 Å². The summed E-state index contributed by atoms with van der Waals surface area (Å²) < 4.78 is 2.19. The first-order chi connectivity index (χ1) is 15.1. The summed E-state index contributed by atoms with van der Waals surface area (Å²) in [6.45, 7) is 0. The van der Waals surface area contributed by atoms with E-state index in [4.69, 9.17) is 11.6 Å². The lowest BCUT2D eigenvalue weighted by atomic mass is 9.76. The molecule has 7 heteroatoms. The third-order valence-electron chi connectivity index (χ3n) is 7.21. The van der Waals surface area contributed by atoms with Gasteiger partial charge in [-0.3, -0.25) is 14.3 Å². The van der Waals surface area contributed by atoms with Crippen molar-refractivity contribution in [3.05, 3.63) is 52.3 Å². The Kier molecular flexibility index (Phi) is 5.74. The first kappa shape index (κ1) is 20.6. The third kappa shape index (κ3) is 4.22. The second-order valence-electron chi connectivity index (χ2n) is 9.24. The molecule has 2 saturated carbocycles. The van der Waals surface area contributed by atoms with Crippen molar-refractivity contribution in [3.8, 4) is 0 Å². The quantitative estimate of drug-likeness (QED) is 0.699. The van der Waals surface area contributed by atoms with E-state index in [9.17, 15) is 9.59 Å². The summed E-state index contributed by atoms with van der Waals surface area (Å²) in [6.07, 6.45) is 11.4. The maximum Gasteiger partial charge on any atom is 0.309 e. The van der Waals surface area contributed by atoms with Crippen LogP contribution in [0.5, 0.6) is 0 Å². The monoisotopic (exact) mass is 440 g/mol. The molecule has 1 unspecified atom stereocenters. The molecule has 3 aliphatic carbocycles. The van der Waals surface area contributed by atoms with Crippen LogP contribution >= 0.6 is 11.6 Å². The summed E-state index contributed by atoms with van der Waals surface area (Å²) in [5.41, 5.74) is 3.56. The van der Waals surface area contributed by atoms with Crippen LogP contribution < -0.4 is 10.6 Å². The summed E-state index contributed by atoms with van der Waals surface area (Å²) in [6, 6.07) is 8.27. The Hall–Kier alpha value is -2.34. The number of carbonyl (C=O) groups excluding carboxylic acids is 2. The highest BCUT2D eigenvalue weighted by Crippen LogP contribution is 2.38. The van der Waals surface area contributed by atoms with Crippen LogP contribution in [0.1, 0.15) is 86.2 Å². The van der Waals surface area contributed by atoms with Crippen LogP contribution in [0.4, 0.5) is 0 Å². The summed E-state index contributed by atoms with van der Waals surface area (Å²) in [5, 5.41) is 11.2. The van der Waals surface area contributed by atoms with Gasteiger partial charge in [0.2, 0.25) is 0 Å². The van der Waals surface area contributed by atoms with Gasteiger partial charge in [-0.15, -0.1) is 0 Å². The van der Waals surface area contributed by atoms with E-state index in [1.165, 1.54) is 36.9 Å². The van der Waals surface area contributed by atoms with E-state index in [-0.39, 0.29) is 12.1 Å². The minimum absolute atomic E-state index is 0.0472. The van der Waals surface area contributed by atoms with Crippen molar-refractivity contribution in [2.24, 2.45) is 0 Å². The largest absolute Gasteiger partial charge is 0.345 e. The molecule has 1 aromatic heterocycles. The average Bonchev–Trinajstić information content (AvgIpc) is 3.41. The van der Waals surface area contributed by atoms with Crippen LogP contribution in [0.25, 0.3) is 0 Å². The number of halogens is 1. The van der Waals surface area contributed by atoms with Crippen LogP contribution in [0.15, 0.2) is 30.5 Å². The first-order valence-corrected chi connectivity index (χ1v) is 11.9. The van der Waals surface area contributed by atoms with Crippen LogP contribution in [-0.2, 0) is 16.0 Å². The Morgan fingerprint density at radius 1 is 0.968 bits per heavy atom.